The van der Waals surface area contributed by atoms with Crippen LogP contribution in [-0.2, 0) is 0 Å². The zero-order chi connectivity index (χ0) is 10.8. The molecule has 2 nitrogen and oxygen atoms in total. The molecule has 0 fully saturated rings. The van der Waals surface area contributed by atoms with E-state index in [-0.39, 0.29) is 17.0 Å². The molecule has 1 aromatic heterocycles. The lowest BCUT2D eigenvalue weighted by Crippen LogP contribution is -2.05. The van der Waals surface area contributed by atoms with E-state index in [1.807, 2.05) is 0 Å². The third kappa shape index (κ3) is 1.76. The summed E-state index contributed by atoms with van der Waals surface area (Å²) in [5.41, 5.74) is 6.16. The van der Waals surface area contributed by atoms with E-state index in [4.69, 9.17) is 5.73 Å². The highest BCUT2D eigenvalue weighted by atomic mass is 32.1. The number of rotatable bonds is 2. The monoisotopic (exact) mass is 221 g/mol. The minimum atomic E-state index is -0.559. The van der Waals surface area contributed by atoms with Crippen LogP contribution in [0, 0.1) is 5.82 Å². The zero-order valence-corrected chi connectivity index (χ0v) is 8.55. The van der Waals surface area contributed by atoms with Crippen LogP contribution in [-0.4, -0.2) is 5.78 Å². The summed E-state index contributed by atoms with van der Waals surface area (Å²) in [4.78, 5) is 11.8. The van der Waals surface area contributed by atoms with Gasteiger partial charge in [-0.15, -0.1) is 0 Å². The summed E-state index contributed by atoms with van der Waals surface area (Å²) in [7, 11) is 0. The van der Waals surface area contributed by atoms with Gasteiger partial charge in [0.05, 0.1) is 5.69 Å². The van der Waals surface area contributed by atoms with Crippen LogP contribution in [0.2, 0.25) is 0 Å². The standard InChI is InChI=1S/C11H8FNOS/c12-9-3-1-2-8(10(9)13)11(14)7-4-5-15-6-7/h1-6H,13H2. The summed E-state index contributed by atoms with van der Waals surface area (Å²) < 4.78 is 13.1. The third-order valence-electron chi connectivity index (χ3n) is 2.08. The molecule has 15 heavy (non-hydrogen) atoms. The summed E-state index contributed by atoms with van der Waals surface area (Å²) in [6, 6.07) is 5.93. The molecule has 0 amide bonds. The van der Waals surface area contributed by atoms with Gasteiger partial charge in [-0.1, -0.05) is 6.07 Å². The molecule has 2 N–H and O–H groups in total. The molecule has 0 aliphatic rings. The summed E-state index contributed by atoms with van der Waals surface area (Å²) in [5.74, 6) is -0.802. The first-order chi connectivity index (χ1) is 7.20. The van der Waals surface area contributed by atoms with Gasteiger partial charge in [-0.05, 0) is 23.6 Å². The molecule has 0 saturated carbocycles. The van der Waals surface area contributed by atoms with Crippen molar-refractivity contribution in [2.24, 2.45) is 0 Å². The van der Waals surface area contributed by atoms with Crippen LogP contribution >= 0.6 is 11.3 Å². The molecule has 1 aromatic carbocycles. The summed E-state index contributed by atoms with van der Waals surface area (Å²) >= 11 is 1.42. The molecular weight excluding hydrogens is 213 g/mol. The Morgan fingerprint density at radius 1 is 1.33 bits per heavy atom. The van der Waals surface area contributed by atoms with E-state index < -0.39 is 5.82 Å². The lowest BCUT2D eigenvalue weighted by Gasteiger charge is -2.03. The third-order valence-corrected chi connectivity index (χ3v) is 2.76. The van der Waals surface area contributed by atoms with Gasteiger partial charge in [0, 0.05) is 16.5 Å². The van der Waals surface area contributed by atoms with Crippen LogP contribution < -0.4 is 5.73 Å². The van der Waals surface area contributed by atoms with Crippen molar-refractivity contribution in [2.75, 3.05) is 5.73 Å². The number of hydrogen-bond acceptors (Lipinski definition) is 3. The van der Waals surface area contributed by atoms with E-state index in [0.717, 1.165) is 0 Å². The second-order valence-electron chi connectivity index (χ2n) is 3.04. The maximum Gasteiger partial charge on any atom is 0.196 e. The van der Waals surface area contributed by atoms with Crippen LogP contribution in [0.5, 0.6) is 0 Å². The van der Waals surface area contributed by atoms with E-state index in [1.165, 1.54) is 29.5 Å². The molecule has 2 rings (SSSR count). The average molecular weight is 221 g/mol. The van der Waals surface area contributed by atoms with Crippen molar-refractivity contribution in [2.45, 2.75) is 0 Å². The lowest BCUT2D eigenvalue weighted by atomic mass is 10.0. The molecule has 0 bridgehead atoms. The highest BCUT2D eigenvalue weighted by Gasteiger charge is 2.14. The van der Waals surface area contributed by atoms with Gasteiger partial charge in [0.2, 0.25) is 0 Å². The molecule has 0 aliphatic carbocycles. The number of anilines is 1. The number of thiophene rings is 1. The maximum absolute atomic E-state index is 13.1. The number of nitrogen functional groups attached to an aromatic ring is 1. The zero-order valence-electron chi connectivity index (χ0n) is 7.74. The highest BCUT2D eigenvalue weighted by Crippen LogP contribution is 2.20. The topological polar surface area (TPSA) is 43.1 Å². The quantitative estimate of drug-likeness (QED) is 0.626. The Bertz CT molecular complexity index is 493. The Morgan fingerprint density at radius 3 is 2.80 bits per heavy atom. The number of halogens is 1. The van der Waals surface area contributed by atoms with Crippen molar-refractivity contribution in [3.05, 3.63) is 52.0 Å². The van der Waals surface area contributed by atoms with Gasteiger partial charge < -0.3 is 5.73 Å². The fraction of sp³-hybridized carbons (Fsp3) is 0. The van der Waals surface area contributed by atoms with Crippen molar-refractivity contribution in [1.29, 1.82) is 0 Å². The van der Waals surface area contributed by atoms with Gasteiger partial charge in [0.25, 0.3) is 0 Å². The van der Waals surface area contributed by atoms with E-state index in [1.54, 1.807) is 16.8 Å². The Labute approximate surface area is 90.2 Å². The fourth-order valence-electron chi connectivity index (χ4n) is 1.28. The number of benzene rings is 1. The summed E-state index contributed by atoms with van der Waals surface area (Å²) in [6.07, 6.45) is 0. The lowest BCUT2D eigenvalue weighted by molar-refractivity contribution is 0.103. The molecule has 0 saturated heterocycles. The largest absolute Gasteiger partial charge is 0.396 e. The first-order valence-corrected chi connectivity index (χ1v) is 5.25. The molecule has 0 unspecified atom stereocenters. The number of hydrogen-bond donors (Lipinski definition) is 1. The summed E-state index contributed by atoms with van der Waals surface area (Å²) in [6.45, 7) is 0. The summed E-state index contributed by atoms with van der Waals surface area (Å²) in [5, 5.41) is 3.51. The molecule has 0 radical (unpaired) electrons. The van der Waals surface area contributed by atoms with Crippen LogP contribution in [0.4, 0.5) is 10.1 Å². The van der Waals surface area contributed by atoms with Crippen LogP contribution in [0.15, 0.2) is 35.0 Å². The van der Waals surface area contributed by atoms with Crippen molar-refractivity contribution in [3.8, 4) is 0 Å². The van der Waals surface area contributed by atoms with E-state index in [0.29, 0.717) is 5.56 Å². The minimum absolute atomic E-state index is 0.0892. The van der Waals surface area contributed by atoms with Gasteiger partial charge in [-0.3, -0.25) is 4.79 Å². The molecule has 76 valence electrons. The minimum Gasteiger partial charge on any atom is -0.396 e. The van der Waals surface area contributed by atoms with Gasteiger partial charge >= 0.3 is 0 Å². The Balaban J connectivity index is 2.47. The predicted octanol–water partition coefficient (Wildman–Crippen LogP) is 2.70. The molecule has 0 atom stereocenters. The number of carbonyl (C=O) groups excluding carboxylic acids is 1. The van der Waals surface area contributed by atoms with Gasteiger partial charge in [-0.25, -0.2) is 4.39 Å². The second kappa shape index (κ2) is 3.82. The number of nitrogens with two attached hydrogens (primary N) is 1. The number of ketones is 1. The fourth-order valence-corrected chi connectivity index (χ4v) is 1.92. The second-order valence-corrected chi connectivity index (χ2v) is 3.82. The van der Waals surface area contributed by atoms with E-state index in [9.17, 15) is 9.18 Å². The maximum atomic E-state index is 13.1. The molecule has 1 heterocycles. The Morgan fingerprint density at radius 2 is 2.13 bits per heavy atom. The Hall–Kier alpha value is -1.68. The first-order valence-electron chi connectivity index (χ1n) is 4.31. The Kier molecular flexibility index (Phi) is 2.51. The van der Waals surface area contributed by atoms with Gasteiger partial charge in [0.1, 0.15) is 5.82 Å². The SMILES string of the molecule is Nc1c(F)cccc1C(=O)c1ccsc1. The molecule has 0 aliphatic heterocycles. The van der Waals surface area contributed by atoms with E-state index >= 15 is 0 Å². The van der Waals surface area contributed by atoms with E-state index in [2.05, 4.69) is 0 Å². The van der Waals surface area contributed by atoms with Crippen molar-refractivity contribution >= 4 is 22.8 Å². The highest BCUT2D eigenvalue weighted by molar-refractivity contribution is 7.08. The van der Waals surface area contributed by atoms with Crippen LogP contribution in [0.3, 0.4) is 0 Å². The number of para-hydroxylation sites is 1. The van der Waals surface area contributed by atoms with Crippen LogP contribution in [0.1, 0.15) is 15.9 Å². The first kappa shape index (κ1) is 9.86. The molecular formula is C11H8FNOS. The number of carbonyl (C=O) groups is 1. The van der Waals surface area contributed by atoms with Crippen molar-refractivity contribution in [1.82, 2.24) is 0 Å². The molecule has 4 heteroatoms. The van der Waals surface area contributed by atoms with Crippen molar-refractivity contribution < 1.29 is 9.18 Å². The predicted molar refractivity (Wildman–Crippen MR) is 58.6 cm³/mol. The van der Waals surface area contributed by atoms with Gasteiger partial charge in [0.15, 0.2) is 5.78 Å². The molecule has 2 aromatic rings. The molecule has 0 spiro atoms. The van der Waals surface area contributed by atoms with Crippen LogP contribution in [0.25, 0.3) is 0 Å². The normalized spacial score (nSPS) is 10.2. The smallest absolute Gasteiger partial charge is 0.196 e. The average Bonchev–Trinajstić information content (AvgIpc) is 2.74. The van der Waals surface area contributed by atoms with Gasteiger partial charge in [-0.2, -0.15) is 11.3 Å². The van der Waals surface area contributed by atoms with Crippen molar-refractivity contribution in [3.63, 3.8) is 0 Å².